The summed E-state index contributed by atoms with van der Waals surface area (Å²) in [6.45, 7) is 0. The van der Waals surface area contributed by atoms with E-state index in [0.717, 1.165) is 16.7 Å². The second kappa shape index (κ2) is 5.18. The Morgan fingerprint density at radius 1 is 0.737 bits per heavy atom. The molecule has 0 unspecified atom stereocenters. The van der Waals surface area contributed by atoms with Crippen molar-refractivity contribution in [3.63, 3.8) is 0 Å². The zero-order valence-corrected chi connectivity index (χ0v) is 10.4. The van der Waals surface area contributed by atoms with E-state index < -0.39 is 5.41 Å². The molecule has 0 saturated carbocycles. The monoisotopic (exact) mass is 239 g/mol. The van der Waals surface area contributed by atoms with Gasteiger partial charge in [0.2, 0.25) is 0 Å². The van der Waals surface area contributed by atoms with Crippen LogP contribution in [0.3, 0.4) is 0 Å². The summed E-state index contributed by atoms with van der Waals surface area (Å²) in [6.07, 6.45) is 16.4. The molecular weight excluding hydrogens is 228 g/mol. The Balaban J connectivity index is 2.44. The first-order valence-electron chi connectivity index (χ1n) is 5.76. The molecule has 0 spiro atoms. The Morgan fingerprint density at radius 2 is 1.21 bits per heavy atom. The van der Waals surface area contributed by atoms with Gasteiger partial charge in [-0.25, -0.2) is 0 Å². The highest BCUT2D eigenvalue weighted by atomic mass is 14.2. The van der Waals surface area contributed by atoms with Crippen molar-refractivity contribution in [2.45, 2.75) is 5.41 Å². The van der Waals surface area contributed by atoms with E-state index in [2.05, 4.69) is 23.8 Å². The Morgan fingerprint density at radius 3 is 1.68 bits per heavy atom. The van der Waals surface area contributed by atoms with E-state index >= 15 is 0 Å². The molecule has 0 heteroatoms. The molecule has 0 bridgehead atoms. The minimum Gasteiger partial charge on any atom is -0.117 e. The average molecular weight is 239 g/mol. The molecule has 19 heavy (non-hydrogen) atoms. The fraction of sp³-hybridized carbons (Fsp3) is 0.0526. The molecule has 0 fully saturated rings. The fourth-order valence-corrected chi connectivity index (χ4v) is 1.87. The van der Waals surface area contributed by atoms with Gasteiger partial charge in [0.25, 0.3) is 0 Å². The molecule has 0 atom stereocenters. The molecule has 0 aliphatic heterocycles. The van der Waals surface area contributed by atoms with Crippen LogP contribution in [0.2, 0.25) is 0 Å². The number of rotatable bonds is 2. The largest absolute Gasteiger partial charge is 0.176 e. The Labute approximate surface area is 114 Å². The van der Waals surface area contributed by atoms with Crippen molar-refractivity contribution in [3.8, 4) is 48.2 Å². The van der Waals surface area contributed by atoms with Crippen molar-refractivity contribution in [2.75, 3.05) is 0 Å². The lowest BCUT2D eigenvalue weighted by Gasteiger charge is -2.16. The third-order valence-corrected chi connectivity index (χ3v) is 3.02. The number of terminal acetylenes is 3. The zero-order valence-electron chi connectivity index (χ0n) is 10.4. The van der Waals surface area contributed by atoms with Gasteiger partial charge in [-0.15, -0.1) is 19.3 Å². The number of hydrogen-bond acceptors (Lipinski definition) is 0. The van der Waals surface area contributed by atoms with E-state index in [9.17, 15) is 0 Å². The van der Waals surface area contributed by atoms with Crippen LogP contribution in [0.1, 0.15) is 5.56 Å². The predicted octanol–water partition coefficient (Wildman–Crippen LogP) is 3.29. The lowest BCUT2D eigenvalue weighted by atomic mass is 9.82. The average Bonchev–Trinajstić information content (AvgIpc) is 2.51. The minimum atomic E-state index is -1.07. The molecule has 0 saturated heterocycles. The summed E-state index contributed by atoms with van der Waals surface area (Å²) in [4.78, 5) is 0. The highest BCUT2D eigenvalue weighted by Crippen LogP contribution is 2.25. The van der Waals surface area contributed by atoms with Crippen LogP contribution in [0.4, 0.5) is 0 Å². The van der Waals surface area contributed by atoms with Crippen LogP contribution in [0.15, 0.2) is 48.5 Å². The van der Waals surface area contributed by atoms with Gasteiger partial charge in [-0.1, -0.05) is 66.3 Å². The number of benzene rings is 2. The molecule has 2 aromatic rings. The standard InChI is InChI=1S/C19H11/c1-4-19(5-2,6-3)18-14-12-17(13-15-18)16-10-8-7-9-11-16/h1-3,8-15H. The molecule has 0 heterocycles. The van der Waals surface area contributed by atoms with E-state index in [1.54, 1.807) is 0 Å². The van der Waals surface area contributed by atoms with Crippen LogP contribution in [-0.4, -0.2) is 0 Å². The smallest absolute Gasteiger partial charge is 0.117 e. The summed E-state index contributed by atoms with van der Waals surface area (Å²) < 4.78 is 0. The van der Waals surface area contributed by atoms with Crippen LogP contribution in [0.25, 0.3) is 11.1 Å². The lowest BCUT2D eigenvalue weighted by Crippen LogP contribution is -2.18. The van der Waals surface area contributed by atoms with E-state index in [4.69, 9.17) is 19.3 Å². The molecule has 0 N–H and O–H groups in total. The van der Waals surface area contributed by atoms with Crippen molar-refractivity contribution in [1.82, 2.24) is 0 Å². The Bertz CT molecular complexity index is 647. The maximum absolute atomic E-state index is 5.47. The van der Waals surface area contributed by atoms with Crippen LogP contribution < -0.4 is 0 Å². The van der Waals surface area contributed by atoms with Gasteiger partial charge in [0, 0.05) is 0 Å². The van der Waals surface area contributed by atoms with Crippen LogP contribution in [0, 0.1) is 43.1 Å². The van der Waals surface area contributed by atoms with Gasteiger partial charge in [-0.3, -0.25) is 0 Å². The van der Waals surface area contributed by atoms with Gasteiger partial charge in [-0.05, 0) is 22.8 Å². The molecule has 0 aliphatic carbocycles. The highest BCUT2D eigenvalue weighted by Gasteiger charge is 2.24. The molecule has 1 radical (unpaired) electrons. The summed E-state index contributed by atoms with van der Waals surface area (Å²) in [5, 5.41) is 0. The molecule has 2 rings (SSSR count). The third-order valence-electron chi connectivity index (χ3n) is 3.02. The van der Waals surface area contributed by atoms with E-state index in [0.29, 0.717) is 0 Å². The summed E-state index contributed by atoms with van der Waals surface area (Å²) >= 11 is 0. The van der Waals surface area contributed by atoms with Crippen molar-refractivity contribution < 1.29 is 0 Å². The quantitative estimate of drug-likeness (QED) is 0.705. The maximum Gasteiger partial charge on any atom is 0.176 e. The summed E-state index contributed by atoms with van der Waals surface area (Å²) in [7, 11) is 0. The van der Waals surface area contributed by atoms with Gasteiger partial charge in [0.1, 0.15) is 0 Å². The summed E-state index contributed by atoms with van der Waals surface area (Å²) in [5.74, 6) is 7.54. The summed E-state index contributed by atoms with van der Waals surface area (Å²) in [6, 6.07) is 18.4. The molecule has 0 amide bonds. The first-order chi connectivity index (χ1) is 9.25. The van der Waals surface area contributed by atoms with Crippen molar-refractivity contribution >= 4 is 0 Å². The molecular formula is C19H11. The molecule has 2 aromatic carbocycles. The van der Waals surface area contributed by atoms with Crippen LogP contribution in [0.5, 0.6) is 0 Å². The second-order valence-corrected chi connectivity index (χ2v) is 4.05. The van der Waals surface area contributed by atoms with E-state index in [1.165, 1.54) is 0 Å². The number of hydrogen-bond donors (Lipinski definition) is 0. The fourth-order valence-electron chi connectivity index (χ4n) is 1.87. The minimum absolute atomic E-state index is 0.770. The maximum atomic E-state index is 5.47. The third kappa shape index (κ3) is 2.24. The second-order valence-electron chi connectivity index (χ2n) is 4.05. The molecule has 0 nitrogen and oxygen atoms in total. The van der Waals surface area contributed by atoms with Gasteiger partial charge < -0.3 is 0 Å². The Kier molecular flexibility index (Phi) is 3.43. The van der Waals surface area contributed by atoms with Crippen molar-refractivity contribution in [2.24, 2.45) is 0 Å². The van der Waals surface area contributed by atoms with E-state index in [1.807, 2.05) is 48.5 Å². The van der Waals surface area contributed by atoms with Crippen LogP contribution >= 0.6 is 0 Å². The normalized spacial score (nSPS) is 9.95. The Hall–Kier alpha value is -2.88. The van der Waals surface area contributed by atoms with E-state index in [-0.39, 0.29) is 0 Å². The zero-order chi connectivity index (χ0) is 13.7. The highest BCUT2D eigenvalue weighted by molar-refractivity contribution is 5.65. The van der Waals surface area contributed by atoms with Gasteiger partial charge in [0.15, 0.2) is 5.41 Å². The predicted molar refractivity (Wildman–Crippen MR) is 78.9 cm³/mol. The molecule has 0 aromatic heterocycles. The topological polar surface area (TPSA) is 0 Å². The van der Waals surface area contributed by atoms with Crippen molar-refractivity contribution in [1.29, 1.82) is 0 Å². The van der Waals surface area contributed by atoms with Crippen LogP contribution in [-0.2, 0) is 5.41 Å². The lowest BCUT2D eigenvalue weighted by molar-refractivity contribution is 0.973. The first-order valence-corrected chi connectivity index (χ1v) is 5.76. The molecule has 0 aliphatic rings. The van der Waals surface area contributed by atoms with Gasteiger partial charge in [-0.2, -0.15) is 0 Å². The first kappa shape index (κ1) is 12.6. The SMILES string of the molecule is C#CC(C#C)(C#C)c1ccc(-c2cc[c]cc2)cc1. The van der Waals surface area contributed by atoms with Gasteiger partial charge in [0.05, 0.1) is 0 Å². The van der Waals surface area contributed by atoms with Gasteiger partial charge >= 0.3 is 0 Å². The summed E-state index contributed by atoms with van der Waals surface area (Å²) in [5.41, 5.74) is 1.89. The molecule has 87 valence electrons. The van der Waals surface area contributed by atoms with Crippen molar-refractivity contribution in [3.05, 3.63) is 60.2 Å².